The number of rotatable bonds is 0. The number of carbonyl (C=O) groups excluding carboxylic acids is 1. The van der Waals surface area contributed by atoms with Crippen LogP contribution in [0.2, 0.25) is 0 Å². The molecular formula is C24H30N2O4. The molecule has 5 aliphatic rings. The fourth-order valence-electron chi connectivity index (χ4n) is 7.14. The van der Waals surface area contributed by atoms with E-state index >= 15 is 0 Å². The number of piperidine rings is 1. The van der Waals surface area contributed by atoms with Crippen molar-refractivity contribution in [3.63, 3.8) is 0 Å². The lowest BCUT2D eigenvalue weighted by atomic mass is 9.55. The molecule has 2 bridgehead atoms. The number of benzene rings is 1. The zero-order valence-corrected chi connectivity index (χ0v) is 17.9. The maximum Gasteiger partial charge on any atom is 0.415 e. The van der Waals surface area contributed by atoms with Crippen LogP contribution in [0.5, 0.6) is 0 Å². The Labute approximate surface area is 177 Å². The van der Waals surface area contributed by atoms with Crippen LogP contribution < -0.4 is 4.90 Å². The van der Waals surface area contributed by atoms with Gasteiger partial charge in [0.1, 0.15) is 5.60 Å². The van der Waals surface area contributed by atoms with E-state index in [0.29, 0.717) is 12.6 Å². The number of carbonyl (C=O) groups is 1. The first-order chi connectivity index (χ1) is 14.3. The number of amides is 1. The molecule has 0 aromatic heterocycles. The van der Waals surface area contributed by atoms with Gasteiger partial charge in [-0.3, -0.25) is 9.80 Å². The fourth-order valence-corrected chi connectivity index (χ4v) is 7.14. The number of anilines is 1. The standard InChI is InChI=1S/C24H30N2O4/c1-23(2,3)30-22(28)26-17-7-5-4-6-16(17)24-9-10-25-13-14-8-11-29-21(27)19(20(24)26)15(14)12-18(24)25/h4-8,15,18-21,27H,9-13H2,1-3H3/t15-,18-,19+,20+,21?,24+/m0/s1. The molecule has 2 saturated heterocycles. The van der Waals surface area contributed by atoms with Crippen LogP contribution in [0.4, 0.5) is 10.5 Å². The van der Waals surface area contributed by atoms with Crippen molar-refractivity contribution in [2.45, 2.75) is 63.0 Å². The number of aliphatic hydroxyl groups is 1. The number of ether oxygens (including phenoxy) is 2. The summed E-state index contributed by atoms with van der Waals surface area (Å²) in [6, 6.07) is 8.50. The highest BCUT2D eigenvalue weighted by atomic mass is 16.6. The molecule has 1 saturated carbocycles. The van der Waals surface area contributed by atoms with Gasteiger partial charge in [-0.05, 0) is 57.7 Å². The summed E-state index contributed by atoms with van der Waals surface area (Å²) in [7, 11) is 0. The lowest BCUT2D eigenvalue weighted by Gasteiger charge is -2.56. The van der Waals surface area contributed by atoms with E-state index in [9.17, 15) is 9.90 Å². The zero-order chi connectivity index (χ0) is 20.8. The Bertz CT molecular complexity index is 937. The summed E-state index contributed by atoms with van der Waals surface area (Å²) in [5.41, 5.74) is 2.76. The van der Waals surface area contributed by atoms with Crippen molar-refractivity contribution in [3.8, 4) is 0 Å². The summed E-state index contributed by atoms with van der Waals surface area (Å²) in [6.45, 7) is 8.11. The molecule has 1 N–H and O–H groups in total. The number of aliphatic hydroxyl groups excluding tert-OH is 1. The molecule has 1 aliphatic carbocycles. The highest BCUT2D eigenvalue weighted by molar-refractivity contribution is 5.93. The summed E-state index contributed by atoms with van der Waals surface area (Å²) in [4.78, 5) is 18.0. The normalized spacial score (nSPS) is 39.1. The SMILES string of the molecule is CC(C)(C)OC(=O)N1c2ccccc2[C@]23CCN4CC5=CCOC(O)[C@H]([C@H]5C[C@H]42)[C@@H]13. The molecule has 1 aromatic carbocycles. The van der Waals surface area contributed by atoms with E-state index in [0.717, 1.165) is 31.6 Å². The van der Waals surface area contributed by atoms with E-state index in [-0.39, 0.29) is 29.4 Å². The molecule has 1 spiro atoms. The molecule has 0 radical (unpaired) electrons. The molecule has 1 aromatic rings. The molecule has 1 amide bonds. The predicted molar refractivity (Wildman–Crippen MR) is 112 cm³/mol. The Hall–Kier alpha value is -1.89. The highest BCUT2D eigenvalue weighted by Gasteiger charge is 2.69. The molecule has 1 unspecified atom stereocenters. The first-order valence-corrected chi connectivity index (χ1v) is 11.2. The second-order valence-corrected chi connectivity index (χ2v) is 10.5. The van der Waals surface area contributed by atoms with Gasteiger partial charge in [-0.2, -0.15) is 0 Å². The van der Waals surface area contributed by atoms with Crippen LogP contribution in [0.15, 0.2) is 35.9 Å². The van der Waals surface area contributed by atoms with Crippen LogP contribution in [0, 0.1) is 11.8 Å². The van der Waals surface area contributed by atoms with Gasteiger partial charge in [-0.1, -0.05) is 29.8 Å². The quantitative estimate of drug-likeness (QED) is 0.666. The molecule has 4 aliphatic heterocycles. The van der Waals surface area contributed by atoms with Gasteiger partial charge in [-0.15, -0.1) is 0 Å². The van der Waals surface area contributed by atoms with Crippen molar-refractivity contribution in [1.82, 2.24) is 4.90 Å². The van der Waals surface area contributed by atoms with Crippen molar-refractivity contribution in [1.29, 1.82) is 0 Å². The van der Waals surface area contributed by atoms with E-state index < -0.39 is 11.9 Å². The third-order valence-corrected chi connectivity index (χ3v) is 8.02. The summed E-state index contributed by atoms with van der Waals surface area (Å²) in [6.07, 6.45) is 2.95. The molecule has 4 heterocycles. The first-order valence-electron chi connectivity index (χ1n) is 11.2. The molecule has 6 rings (SSSR count). The minimum absolute atomic E-state index is 0.157. The van der Waals surface area contributed by atoms with Crippen LogP contribution in [0.25, 0.3) is 0 Å². The summed E-state index contributed by atoms with van der Waals surface area (Å²) >= 11 is 0. The number of hydrogen-bond acceptors (Lipinski definition) is 5. The van der Waals surface area contributed by atoms with Gasteiger partial charge in [-0.25, -0.2) is 4.79 Å². The minimum Gasteiger partial charge on any atom is -0.443 e. The van der Waals surface area contributed by atoms with Crippen LogP contribution in [-0.4, -0.2) is 59.8 Å². The van der Waals surface area contributed by atoms with Gasteiger partial charge in [0.05, 0.1) is 18.3 Å². The van der Waals surface area contributed by atoms with Crippen molar-refractivity contribution < 1.29 is 19.4 Å². The molecule has 160 valence electrons. The number of hydrogen-bond donors (Lipinski definition) is 1. The number of para-hydroxylation sites is 1. The largest absolute Gasteiger partial charge is 0.443 e. The van der Waals surface area contributed by atoms with E-state index in [1.54, 1.807) is 0 Å². The Balaban J connectivity index is 1.57. The predicted octanol–water partition coefficient (Wildman–Crippen LogP) is 3.05. The Morgan fingerprint density at radius 3 is 2.90 bits per heavy atom. The summed E-state index contributed by atoms with van der Waals surface area (Å²) < 4.78 is 11.7. The maximum absolute atomic E-state index is 13.6. The van der Waals surface area contributed by atoms with E-state index in [2.05, 4.69) is 23.1 Å². The fraction of sp³-hybridized carbons (Fsp3) is 0.625. The van der Waals surface area contributed by atoms with Crippen LogP contribution in [0.3, 0.4) is 0 Å². The number of fused-ring (bicyclic) bond motifs is 2. The van der Waals surface area contributed by atoms with E-state index in [4.69, 9.17) is 9.47 Å². The smallest absolute Gasteiger partial charge is 0.415 e. The lowest BCUT2D eigenvalue weighted by Crippen LogP contribution is -2.67. The van der Waals surface area contributed by atoms with Gasteiger partial charge in [0.25, 0.3) is 0 Å². The van der Waals surface area contributed by atoms with Crippen molar-refractivity contribution in [3.05, 3.63) is 41.5 Å². The second kappa shape index (κ2) is 6.09. The molecule has 30 heavy (non-hydrogen) atoms. The van der Waals surface area contributed by atoms with Crippen molar-refractivity contribution >= 4 is 11.8 Å². The zero-order valence-electron chi connectivity index (χ0n) is 17.9. The molecular weight excluding hydrogens is 380 g/mol. The average molecular weight is 411 g/mol. The third kappa shape index (κ3) is 2.33. The van der Waals surface area contributed by atoms with Gasteiger partial charge in [0.2, 0.25) is 0 Å². The lowest BCUT2D eigenvalue weighted by molar-refractivity contribution is -0.155. The average Bonchev–Trinajstić information content (AvgIpc) is 3.15. The van der Waals surface area contributed by atoms with E-state index in [1.807, 2.05) is 37.8 Å². The third-order valence-electron chi connectivity index (χ3n) is 8.02. The van der Waals surface area contributed by atoms with Crippen LogP contribution in [-0.2, 0) is 14.9 Å². The molecule has 6 atom stereocenters. The summed E-state index contributed by atoms with van der Waals surface area (Å²) in [5.74, 6) is 0.0781. The monoisotopic (exact) mass is 410 g/mol. The van der Waals surface area contributed by atoms with Crippen LogP contribution >= 0.6 is 0 Å². The van der Waals surface area contributed by atoms with E-state index in [1.165, 1.54) is 11.1 Å². The molecule has 6 heteroatoms. The maximum atomic E-state index is 13.6. The van der Waals surface area contributed by atoms with Gasteiger partial charge < -0.3 is 14.6 Å². The highest BCUT2D eigenvalue weighted by Crippen LogP contribution is 2.64. The number of nitrogens with zero attached hydrogens (tertiary/aromatic N) is 2. The minimum atomic E-state index is -0.891. The Morgan fingerprint density at radius 1 is 1.30 bits per heavy atom. The van der Waals surface area contributed by atoms with Crippen molar-refractivity contribution in [2.24, 2.45) is 11.8 Å². The topological polar surface area (TPSA) is 62.2 Å². The van der Waals surface area contributed by atoms with Gasteiger partial charge in [0.15, 0.2) is 6.29 Å². The molecule has 3 fully saturated rings. The Morgan fingerprint density at radius 2 is 2.10 bits per heavy atom. The first kappa shape index (κ1) is 18.8. The van der Waals surface area contributed by atoms with Crippen LogP contribution in [0.1, 0.15) is 39.2 Å². The summed E-state index contributed by atoms with van der Waals surface area (Å²) in [5, 5.41) is 11.1. The molecule has 6 nitrogen and oxygen atoms in total. The Kier molecular flexibility index (Phi) is 3.82. The second-order valence-electron chi connectivity index (χ2n) is 10.5. The van der Waals surface area contributed by atoms with Gasteiger partial charge >= 0.3 is 6.09 Å². The van der Waals surface area contributed by atoms with Gasteiger partial charge in [0, 0.05) is 23.9 Å². The van der Waals surface area contributed by atoms with Crippen molar-refractivity contribution in [2.75, 3.05) is 24.6 Å².